The van der Waals surface area contributed by atoms with Gasteiger partial charge in [-0.1, -0.05) is 38.8 Å². The van der Waals surface area contributed by atoms with E-state index in [1.165, 1.54) is 0 Å². The molecule has 0 radical (unpaired) electrons. The maximum Gasteiger partial charge on any atom is 0.315 e. The number of carbonyl (C=O) groups is 2. The molecule has 8 atom stereocenters. The fourth-order valence-electron chi connectivity index (χ4n) is 8.37. The summed E-state index contributed by atoms with van der Waals surface area (Å²) >= 11 is 0. The number of carbonyl (C=O) groups excluding carboxylic acids is 1. The highest BCUT2D eigenvalue weighted by Crippen LogP contribution is 2.82. The second kappa shape index (κ2) is 7.64. The molecule has 0 aromatic rings. The van der Waals surface area contributed by atoms with Crippen LogP contribution in [-0.4, -0.2) is 51.4 Å². The van der Waals surface area contributed by atoms with Crippen molar-refractivity contribution in [3.63, 3.8) is 0 Å². The molecule has 4 aliphatic rings. The molecule has 32 heavy (non-hydrogen) atoms. The van der Waals surface area contributed by atoms with E-state index in [9.17, 15) is 23.1 Å². The summed E-state index contributed by atoms with van der Waals surface area (Å²) in [6.07, 6.45) is 6.65. The van der Waals surface area contributed by atoms with Crippen molar-refractivity contribution >= 4 is 22.4 Å². The Morgan fingerprint density at radius 1 is 1.28 bits per heavy atom. The summed E-state index contributed by atoms with van der Waals surface area (Å²) in [6, 6.07) is 0. The third kappa shape index (κ3) is 2.94. The van der Waals surface area contributed by atoms with Crippen LogP contribution in [0.2, 0.25) is 0 Å². The highest BCUT2D eigenvalue weighted by Gasteiger charge is 2.84. The van der Waals surface area contributed by atoms with Crippen molar-refractivity contribution in [2.24, 2.45) is 45.8 Å². The van der Waals surface area contributed by atoms with Crippen molar-refractivity contribution in [1.82, 2.24) is 0 Å². The largest absolute Gasteiger partial charge is 0.481 e. The summed E-state index contributed by atoms with van der Waals surface area (Å²) in [7, 11) is -3.61. The molecule has 0 amide bonds. The number of rotatable bonds is 9. The summed E-state index contributed by atoms with van der Waals surface area (Å²) in [5.41, 5.74) is -2.02. The molecule has 0 aromatic carbocycles. The van der Waals surface area contributed by atoms with Crippen LogP contribution in [0.4, 0.5) is 0 Å². The van der Waals surface area contributed by atoms with Crippen LogP contribution in [0.3, 0.4) is 0 Å². The molecule has 3 saturated carbocycles. The third-order valence-corrected chi connectivity index (χ3v) is 9.85. The number of aliphatic carboxylic acids is 1. The fourth-order valence-corrected chi connectivity index (χ4v) is 9.02. The van der Waals surface area contributed by atoms with Gasteiger partial charge in [-0.25, -0.2) is 0 Å². The Bertz CT molecular complexity index is 940. The normalized spacial score (nSPS) is 43.2. The van der Waals surface area contributed by atoms with Gasteiger partial charge >= 0.3 is 5.97 Å². The highest BCUT2D eigenvalue weighted by atomic mass is 32.2. The van der Waals surface area contributed by atoms with Gasteiger partial charge in [0.2, 0.25) is 0 Å². The van der Waals surface area contributed by atoms with Crippen LogP contribution < -0.4 is 0 Å². The van der Waals surface area contributed by atoms with E-state index in [1.807, 2.05) is 13.8 Å². The highest BCUT2D eigenvalue weighted by molar-refractivity contribution is 7.86. The van der Waals surface area contributed by atoms with Crippen molar-refractivity contribution in [2.75, 3.05) is 19.5 Å². The zero-order chi connectivity index (χ0) is 23.7. The first-order valence-corrected chi connectivity index (χ1v) is 13.6. The number of hydrogen-bond donors (Lipinski definition) is 1. The Morgan fingerprint density at radius 2 is 1.97 bits per heavy atom. The molecule has 4 aliphatic carbocycles. The van der Waals surface area contributed by atoms with Gasteiger partial charge in [-0.05, 0) is 55.8 Å². The average Bonchev–Trinajstić information content (AvgIpc) is 3.23. The van der Waals surface area contributed by atoms with Crippen LogP contribution in [0.25, 0.3) is 0 Å². The summed E-state index contributed by atoms with van der Waals surface area (Å²) < 4.78 is 33.9. The minimum Gasteiger partial charge on any atom is -0.481 e. The third-order valence-electron chi connectivity index (χ3n) is 9.17. The van der Waals surface area contributed by atoms with E-state index in [1.54, 1.807) is 6.92 Å². The van der Waals surface area contributed by atoms with E-state index in [0.717, 1.165) is 37.4 Å². The number of allylic oxidation sites excluding steroid dienone is 1. The van der Waals surface area contributed by atoms with Crippen LogP contribution in [0.1, 0.15) is 53.4 Å². The molecular formula is C24H36O7S. The Hall–Kier alpha value is -1.25. The number of hydrogen-bond acceptors (Lipinski definition) is 6. The summed E-state index contributed by atoms with van der Waals surface area (Å²) in [5, 5.41) is 10.9. The zero-order valence-corrected chi connectivity index (χ0v) is 20.5. The van der Waals surface area contributed by atoms with Crippen LogP contribution in [0.15, 0.2) is 11.6 Å². The number of carboxylic acids is 1. The fraction of sp³-hybridized carbons (Fsp3) is 0.833. The quantitative estimate of drug-likeness (QED) is 0.314. The van der Waals surface area contributed by atoms with Gasteiger partial charge in [-0.3, -0.25) is 8.98 Å². The number of aldehydes is 1. The summed E-state index contributed by atoms with van der Waals surface area (Å²) in [4.78, 5) is 26.2. The van der Waals surface area contributed by atoms with Crippen molar-refractivity contribution in [1.29, 1.82) is 0 Å². The van der Waals surface area contributed by atoms with E-state index in [2.05, 4.69) is 13.0 Å². The lowest BCUT2D eigenvalue weighted by molar-refractivity contribution is -0.187. The summed E-state index contributed by atoms with van der Waals surface area (Å²) in [6.45, 7) is 8.09. The summed E-state index contributed by atoms with van der Waals surface area (Å²) in [5.74, 6) is -0.114. The monoisotopic (exact) mass is 468 g/mol. The zero-order valence-electron chi connectivity index (χ0n) is 19.7. The van der Waals surface area contributed by atoms with Crippen molar-refractivity contribution < 1.29 is 32.0 Å². The van der Waals surface area contributed by atoms with Gasteiger partial charge in [0.25, 0.3) is 10.1 Å². The topological polar surface area (TPSA) is 107 Å². The van der Waals surface area contributed by atoms with Crippen LogP contribution in [0.5, 0.6) is 0 Å². The van der Waals surface area contributed by atoms with Gasteiger partial charge in [0.1, 0.15) is 11.7 Å². The van der Waals surface area contributed by atoms with Gasteiger partial charge in [-0.2, -0.15) is 8.42 Å². The second-order valence-electron chi connectivity index (χ2n) is 11.1. The molecule has 0 spiro atoms. The predicted octanol–water partition coefficient (Wildman–Crippen LogP) is 3.29. The van der Waals surface area contributed by atoms with Gasteiger partial charge in [-0.15, -0.1) is 0 Å². The molecule has 0 aliphatic heterocycles. The molecule has 4 bridgehead atoms. The lowest BCUT2D eigenvalue weighted by atomic mass is 9.43. The lowest BCUT2D eigenvalue weighted by Gasteiger charge is -2.58. The first-order valence-electron chi connectivity index (χ1n) is 11.7. The number of carboxylic acid groups (broad SMARTS) is 1. The van der Waals surface area contributed by atoms with Crippen LogP contribution in [0, 0.1) is 45.8 Å². The minimum atomic E-state index is -3.61. The lowest BCUT2D eigenvalue weighted by Crippen LogP contribution is -2.63. The van der Waals surface area contributed by atoms with Crippen molar-refractivity contribution in [3.05, 3.63) is 11.6 Å². The molecule has 1 N–H and O–H groups in total. The van der Waals surface area contributed by atoms with E-state index in [0.29, 0.717) is 18.3 Å². The molecule has 7 unspecified atom stereocenters. The van der Waals surface area contributed by atoms with Gasteiger partial charge in [0, 0.05) is 5.41 Å². The Morgan fingerprint density at radius 3 is 2.53 bits per heavy atom. The molecule has 0 aromatic heterocycles. The number of fused-ring (bicyclic) bond motifs is 2. The molecule has 4 rings (SSSR count). The molecule has 0 saturated heterocycles. The van der Waals surface area contributed by atoms with Crippen molar-refractivity contribution in [3.8, 4) is 0 Å². The van der Waals surface area contributed by atoms with E-state index < -0.39 is 38.4 Å². The molecule has 7 nitrogen and oxygen atoms in total. The molecule has 8 heteroatoms. The van der Waals surface area contributed by atoms with Gasteiger partial charge in [0.15, 0.2) is 0 Å². The Balaban J connectivity index is 1.76. The standard InChI is InChI=1S/C24H36O7S/c1-14(2)20-8-17-9-22(12-25)19-7-6-15(3)18(19)10-23(17,24(20,22)21(26)27)13-30-11-16(4)31-32(5,28)29/h8,12,14-19H,6-7,9-11,13H2,1-5H3,(H,26,27)/t15?,16-,17?,18?,19?,22?,23?,24?/m1/s1. The molecule has 3 fully saturated rings. The molecular weight excluding hydrogens is 432 g/mol. The van der Waals surface area contributed by atoms with Crippen LogP contribution >= 0.6 is 0 Å². The van der Waals surface area contributed by atoms with Crippen molar-refractivity contribution in [2.45, 2.75) is 59.5 Å². The Kier molecular flexibility index (Phi) is 5.70. The first-order chi connectivity index (χ1) is 14.9. The first kappa shape index (κ1) is 23.9. The van der Waals surface area contributed by atoms with Gasteiger partial charge < -0.3 is 14.6 Å². The molecule has 0 heterocycles. The Labute approximate surface area is 191 Å². The predicted molar refractivity (Wildman–Crippen MR) is 118 cm³/mol. The SMILES string of the molecule is CC(C)C1=CC2CC3(C=O)C4CCC(C)C4CC2(COC[C@@H](C)OS(C)(=O)=O)C13C(=O)O. The van der Waals surface area contributed by atoms with E-state index in [-0.39, 0.29) is 31.0 Å². The second-order valence-corrected chi connectivity index (χ2v) is 12.7. The van der Waals surface area contributed by atoms with Crippen LogP contribution in [-0.2, 0) is 28.6 Å². The maximum atomic E-state index is 13.3. The maximum absolute atomic E-state index is 13.3. The smallest absolute Gasteiger partial charge is 0.315 e. The average molecular weight is 469 g/mol. The number of ether oxygens (including phenoxy) is 1. The van der Waals surface area contributed by atoms with E-state index in [4.69, 9.17) is 8.92 Å². The van der Waals surface area contributed by atoms with Gasteiger partial charge in [0.05, 0.1) is 31.0 Å². The molecule has 180 valence electrons. The minimum absolute atomic E-state index is 0.0120. The van der Waals surface area contributed by atoms with E-state index >= 15 is 0 Å².